The summed E-state index contributed by atoms with van der Waals surface area (Å²) in [4.78, 5) is 0. The second kappa shape index (κ2) is 8.91. The molecule has 108 valence electrons. The molecule has 0 saturated carbocycles. The van der Waals surface area contributed by atoms with Crippen molar-refractivity contribution in [2.45, 2.75) is 32.2 Å². The van der Waals surface area contributed by atoms with E-state index < -0.39 is 63.3 Å². The number of benzene rings is 1. The Morgan fingerprint density at radius 2 is 2.26 bits per heavy atom. The van der Waals surface area contributed by atoms with E-state index in [0.29, 0.717) is 0 Å². The van der Waals surface area contributed by atoms with Crippen LogP contribution in [0.2, 0.25) is 0 Å². The zero-order valence-electron chi connectivity index (χ0n) is 26.1. The van der Waals surface area contributed by atoms with E-state index in [1.54, 1.807) is 5.32 Å². The van der Waals surface area contributed by atoms with Crippen LogP contribution in [0.5, 0.6) is 5.75 Å². The Hall–Kier alpha value is -1.10. The molecule has 0 saturated heterocycles. The highest BCUT2D eigenvalue weighted by Gasteiger charge is 2.05. The first kappa shape index (κ1) is 4.45. The molecule has 0 bridgehead atoms. The summed E-state index contributed by atoms with van der Waals surface area (Å²) >= 11 is 0. The predicted molar refractivity (Wildman–Crippen MR) is 76.7 cm³/mol. The van der Waals surface area contributed by atoms with Gasteiger partial charge < -0.3 is 19.9 Å². The number of rotatable bonds is 9. The maximum atomic E-state index is 10.3. The van der Waals surface area contributed by atoms with Crippen LogP contribution in [0.1, 0.15) is 41.3 Å². The van der Waals surface area contributed by atoms with Crippen molar-refractivity contribution in [3.05, 3.63) is 29.8 Å². The van der Waals surface area contributed by atoms with Gasteiger partial charge in [-0.2, -0.15) is 0 Å². The number of ether oxygens (including phenoxy) is 2. The third kappa shape index (κ3) is 7.15. The minimum atomic E-state index is -3.83. The molecule has 1 rings (SSSR count). The number of methoxy groups -OCH3 is 1. The highest BCUT2D eigenvalue weighted by molar-refractivity contribution is 5.27. The smallest absolute Gasteiger partial charge is 0.119 e. The molecule has 0 spiro atoms. The van der Waals surface area contributed by atoms with Gasteiger partial charge in [0.2, 0.25) is 0 Å². The highest BCUT2D eigenvalue weighted by Crippen LogP contribution is 2.12. The van der Waals surface area contributed by atoms with E-state index in [0.717, 1.165) is 31.2 Å². The molecule has 2 unspecified atom stereocenters. The first-order valence-electron chi connectivity index (χ1n) is 13.1. The van der Waals surface area contributed by atoms with Crippen LogP contribution >= 0.6 is 0 Å². The Morgan fingerprint density at radius 3 is 2.95 bits per heavy atom. The molecule has 4 heteroatoms. The Morgan fingerprint density at radius 1 is 1.47 bits per heavy atom. The van der Waals surface area contributed by atoms with Crippen LogP contribution in [0.15, 0.2) is 24.3 Å². The van der Waals surface area contributed by atoms with Crippen LogP contribution in [-0.4, -0.2) is 43.9 Å². The molecule has 2 atom stereocenters. The molecular weight excluding hydrogens is 242 g/mol. The molecule has 0 fully saturated rings. The Labute approximate surface area is 138 Å². The quantitative estimate of drug-likeness (QED) is 0.723. The summed E-state index contributed by atoms with van der Waals surface area (Å²) in [6.07, 6.45) is -6.84. The predicted octanol–water partition coefficient (Wildman–Crippen LogP) is 1.61. The maximum absolute atomic E-state index is 10.3. The number of hydrogen-bond donors (Lipinski definition) is 2. The molecular formula is C15H25NO3. The third-order valence-corrected chi connectivity index (χ3v) is 1.73. The van der Waals surface area contributed by atoms with Crippen molar-refractivity contribution in [2.75, 3.05) is 26.7 Å². The largest absolute Gasteiger partial charge is 0.491 e. The van der Waals surface area contributed by atoms with E-state index in [1.165, 1.54) is 0 Å². The van der Waals surface area contributed by atoms with Gasteiger partial charge in [-0.3, -0.25) is 0 Å². The van der Waals surface area contributed by atoms with Gasteiger partial charge >= 0.3 is 0 Å². The fraction of sp³-hybridized carbons (Fsp3) is 0.600. The van der Waals surface area contributed by atoms with Gasteiger partial charge in [0.1, 0.15) is 18.4 Å². The molecule has 0 radical (unpaired) electrons. The zero-order valence-corrected chi connectivity index (χ0v) is 10.1. The average molecular weight is 283 g/mol. The lowest BCUT2D eigenvalue weighted by molar-refractivity contribution is 0.104. The van der Waals surface area contributed by atoms with Crippen LogP contribution in [0.25, 0.3) is 0 Å². The number of hydrogen-bond acceptors (Lipinski definition) is 4. The molecule has 0 aromatic heterocycles. The summed E-state index contributed by atoms with van der Waals surface area (Å²) in [7, 11) is -3.25. The minimum Gasteiger partial charge on any atom is -0.491 e. The number of aliphatic hydroxyl groups is 1. The minimum absolute atomic E-state index is 0.444. The van der Waals surface area contributed by atoms with E-state index in [-0.39, 0.29) is 0 Å². The van der Waals surface area contributed by atoms with E-state index in [2.05, 4.69) is 4.74 Å². The highest BCUT2D eigenvalue weighted by atomic mass is 16.5. The zero-order chi connectivity index (χ0) is 28.1. The van der Waals surface area contributed by atoms with Crippen LogP contribution in [0.3, 0.4) is 0 Å². The van der Waals surface area contributed by atoms with Crippen LogP contribution in [0, 0.1) is 0 Å². The van der Waals surface area contributed by atoms with E-state index in [4.69, 9.17) is 26.7 Å². The Balaban J connectivity index is 3.20. The second-order valence-corrected chi connectivity index (χ2v) is 3.28. The lowest BCUT2D eigenvalue weighted by Gasteiger charge is -2.15. The first-order chi connectivity index (χ1) is 15.1. The van der Waals surface area contributed by atoms with Crippen molar-refractivity contribution in [2.24, 2.45) is 0 Å². The molecule has 1 aromatic carbocycles. The van der Waals surface area contributed by atoms with E-state index in [1.807, 2.05) is 0 Å². The molecule has 0 aliphatic heterocycles. The number of nitrogens with one attached hydrogen (secondary N) is 1. The third-order valence-electron chi connectivity index (χ3n) is 1.73. The van der Waals surface area contributed by atoms with Gasteiger partial charge in [-0.15, -0.1) is 0 Å². The molecule has 4 nitrogen and oxygen atoms in total. The standard InChI is InChI=1S/C15H25NO3/c1-12(2)16-10-14(17)11-19-15-6-4-13(5-7-15)8-9-18-3/h4-7,12,14,16-17H,8-11H2,1-3H3/i1D3,3D3,8D2,9D2,10D2,11D2,12D,14D. The van der Waals surface area contributed by atoms with Crippen molar-refractivity contribution < 1.29 is 36.5 Å². The van der Waals surface area contributed by atoms with Crippen molar-refractivity contribution in [1.82, 2.24) is 5.32 Å². The van der Waals surface area contributed by atoms with Crippen molar-refractivity contribution in [3.8, 4) is 5.75 Å². The fourth-order valence-electron chi connectivity index (χ4n) is 0.976. The van der Waals surface area contributed by atoms with Gasteiger partial charge in [0.25, 0.3) is 0 Å². The van der Waals surface area contributed by atoms with Crippen LogP contribution in [-0.2, 0) is 11.1 Å². The average Bonchev–Trinajstić information content (AvgIpc) is 2.57. The maximum Gasteiger partial charge on any atom is 0.119 e. The summed E-state index contributed by atoms with van der Waals surface area (Å²) < 4.78 is 130. The Bertz CT molecular complexity index is 876. The van der Waals surface area contributed by atoms with Crippen LogP contribution in [0.4, 0.5) is 0 Å². The van der Waals surface area contributed by atoms with Crippen molar-refractivity contribution >= 4 is 0 Å². The molecule has 1 aromatic rings. The summed E-state index contributed by atoms with van der Waals surface area (Å²) in [5.74, 6) is -0.488. The van der Waals surface area contributed by atoms with Crippen molar-refractivity contribution in [3.63, 3.8) is 0 Å². The SMILES string of the molecule is [2H]C([2H])([2H])OC([2H])([2H])C([2H])([2H])c1ccc(OC([2H])([2H])C([2H])(O)C([2H])([2H])NC([2H])(C)C([2H])([2H])[2H])cc1. The van der Waals surface area contributed by atoms with E-state index >= 15 is 0 Å². The monoisotopic (exact) mass is 283 g/mol. The first-order valence-corrected chi connectivity index (χ1v) is 5.11. The van der Waals surface area contributed by atoms with Gasteiger partial charge in [-0.25, -0.2) is 0 Å². The van der Waals surface area contributed by atoms with Gasteiger partial charge in [0.15, 0.2) is 0 Å². The van der Waals surface area contributed by atoms with Gasteiger partial charge in [-0.1, -0.05) is 25.9 Å². The van der Waals surface area contributed by atoms with Crippen LogP contribution < -0.4 is 10.1 Å². The molecule has 0 aliphatic carbocycles. The molecule has 19 heavy (non-hydrogen) atoms. The molecule has 2 N–H and O–H groups in total. The fourth-order valence-corrected chi connectivity index (χ4v) is 0.976. The lowest BCUT2D eigenvalue weighted by Crippen LogP contribution is -2.35. The molecule has 0 amide bonds. The summed E-state index contributed by atoms with van der Waals surface area (Å²) in [6.45, 7) is -12.8. The summed E-state index contributed by atoms with van der Waals surface area (Å²) in [5.41, 5.74) is -0.444. The summed E-state index contributed by atoms with van der Waals surface area (Å²) in [5, 5.41) is 11.9. The number of aryl methyl sites for hydroxylation is 1. The summed E-state index contributed by atoms with van der Waals surface area (Å²) in [6, 6.07) is 0.804. The van der Waals surface area contributed by atoms with Gasteiger partial charge in [0, 0.05) is 30.5 Å². The molecule has 0 heterocycles. The second-order valence-electron chi connectivity index (χ2n) is 3.28. The van der Waals surface area contributed by atoms with Gasteiger partial charge in [0.05, 0.1) is 17.5 Å². The lowest BCUT2D eigenvalue weighted by atomic mass is 10.1. The topological polar surface area (TPSA) is 50.7 Å². The van der Waals surface area contributed by atoms with Crippen molar-refractivity contribution in [1.29, 1.82) is 0 Å². The molecule has 0 aliphatic rings. The van der Waals surface area contributed by atoms with Gasteiger partial charge in [-0.05, 0) is 24.1 Å². The normalized spacial score (nSPS) is 34.2. The Kier molecular flexibility index (Phi) is 2.09. The van der Waals surface area contributed by atoms with E-state index in [9.17, 15) is 5.11 Å².